The molecule has 2 rings (SSSR count). The van der Waals surface area contributed by atoms with E-state index in [9.17, 15) is 19.5 Å². The van der Waals surface area contributed by atoms with E-state index >= 15 is 0 Å². The Labute approximate surface area is 171 Å². The van der Waals surface area contributed by atoms with Gasteiger partial charge >= 0.3 is 12.1 Å². The zero-order chi connectivity index (χ0) is 21.8. The first-order valence-electron chi connectivity index (χ1n) is 9.33. The Kier molecular flexibility index (Phi) is 6.47. The van der Waals surface area contributed by atoms with Gasteiger partial charge in [-0.1, -0.05) is 54.6 Å². The molecule has 6 heteroatoms. The average molecular weight is 397 g/mol. The van der Waals surface area contributed by atoms with Gasteiger partial charge in [0.05, 0.1) is 0 Å². The van der Waals surface area contributed by atoms with Gasteiger partial charge in [-0.15, -0.1) is 0 Å². The number of benzene rings is 2. The number of carboxylic acid groups (broad SMARTS) is 1. The second-order valence-electron chi connectivity index (χ2n) is 8.19. The molecule has 154 valence electrons. The van der Waals surface area contributed by atoms with Crippen LogP contribution in [0.2, 0.25) is 0 Å². The summed E-state index contributed by atoms with van der Waals surface area (Å²) in [5, 5.41) is 9.80. The van der Waals surface area contributed by atoms with E-state index in [1.165, 1.54) is 14.0 Å². The van der Waals surface area contributed by atoms with Crippen LogP contribution in [0.3, 0.4) is 0 Å². The van der Waals surface area contributed by atoms with Crippen molar-refractivity contribution in [3.05, 3.63) is 71.3 Å². The highest BCUT2D eigenvalue weighted by atomic mass is 16.6. The number of hydrogen-bond donors (Lipinski definition) is 1. The fourth-order valence-electron chi connectivity index (χ4n) is 2.80. The maximum Gasteiger partial charge on any atom is 0.410 e. The van der Waals surface area contributed by atoms with Crippen LogP contribution in [0.15, 0.2) is 54.6 Å². The molecule has 6 nitrogen and oxygen atoms in total. The van der Waals surface area contributed by atoms with Crippen molar-refractivity contribution < 1.29 is 24.2 Å². The standard InChI is InChI=1S/C23H27NO5/c1-22(2,3)29-21(28)24(5)23(4,20(26)27)15-16-11-13-18(14-12-16)19(25)17-9-7-6-8-10-17/h6-14H,15H2,1-5H3,(H,26,27)/t23-/m0/s1. The zero-order valence-electron chi connectivity index (χ0n) is 17.4. The summed E-state index contributed by atoms with van der Waals surface area (Å²) in [7, 11) is 1.41. The quantitative estimate of drug-likeness (QED) is 0.740. The van der Waals surface area contributed by atoms with Gasteiger partial charge in [0.2, 0.25) is 0 Å². The second-order valence-corrected chi connectivity index (χ2v) is 8.19. The molecule has 0 aliphatic carbocycles. The lowest BCUT2D eigenvalue weighted by atomic mass is 9.90. The van der Waals surface area contributed by atoms with Crippen molar-refractivity contribution in [2.45, 2.75) is 45.3 Å². The lowest BCUT2D eigenvalue weighted by Gasteiger charge is -2.36. The lowest BCUT2D eigenvalue weighted by molar-refractivity contribution is -0.149. The summed E-state index contributed by atoms with van der Waals surface area (Å²) in [6.07, 6.45) is -0.643. The molecule has 29 heavy (non-hydrogen) atoms. The van der Waals surface area contributed by atoms with Crippen LogP contribution in [0.1, 0.15) is 49.2 Å². The van der Waals surface area contributed by atoms with Crippen LogP contribution < -0.4 is 0 Å². The predicted octanol–water partition coefficient (Wildman–Crippen LogP) is 4.17. The third kappa shape index (κ3) is 5.44. The second kappa shape index (κ2) is 8.47. The number of nitrogens with zero attached hydrogens (tertiary/aromatic N) is 1. The molecule has 2 aromatic carbocycles. The van der Waals surface area contributed by atoms with Gasteiger partial charge in [-0.3, -0.25) is 9.69 Å². The van der Waals surface area contributed by atoms with E-state index in [0.717, 1.165) is 4.90 Å². The number of ketones is 1. The monoisotopic (exact) mass is 397 g/mol. The van der Waals surface area contributed by atoms with Gasteiger partial charge in [0.25, 0.3) is 0 Å². The minimum atomic E-state index is -1.51. The first kappa shape index (κ1) is 22.1. The highest BCUT2D eigenvalue weighted by Crippen LogP contribution is 2.23. The fourth-order valence-corrected chi connectivity index (χ4v) is 2.80. The van der Waals surface area contributed by atoms with Crippen molar-refractivity contribution in [2.75, 3.05) is 7.05 Å². The van der Waals surface area contributed by atoms with E-state index in [2.05, 4.69) is 0 Å². The summed E-state index contributed by atoms with van der Waals surface area (Å²) in [6.45, 7) is 6.64. The van der Waals surface area contributed by atoms with Crippen molar-refractivity contribution >= 4 is 17.8 Å². The molecular weight excluding hydrogens is 370 g/mol. The molecule has 1 atom stereocenters. The molecule has 0 saturated carbocycles. The van der Waals surface area contributed by atoms with E-state index < -0.39 is 23.2 Å². The van der Waals surface area contributed by atoms with Crippen LogP contribution in [0, 0.1) is 0 Å². The molecule has 0 bridgehead atoms. The van der Waals surface area contributed by atoms with Gasteiger partial charge in [0.15, 0.2) is 5.78 Å². The summed E-state index contributed by atoms with van der Waals surface area (Å²) in [6, 6.07) is 15.7. The number of hydrogen-bond acceptors (Lipinski definition) is 4. The average Bonchev–Trinajstić information content (AvgIpc) is 2.66. The maximum atomic E-state index is 12.5. The van der Waals surface area contributed by atoms with Gasteiger partial charge in [-0.05, 0) is 33.3 Å². The largest absolute Gasteiger partial charge is 0.479 e. The van der Waals surface area contributed by atoms with Crippen LogP contribution in [0.5, 0.6) is 0 Å². The van der Waals surface area contributed by atoms with Crippen molar-refractivity contribution in [3.63, 3.8) is 0 Å². The van der Waals surface area contributed by atoms with Gasteiger partial charge in [0.1, 0.15) is 11.1 Å². The van der Waals surface area contributed by atoms with E-state index in [4.69, 9.17) is 4.74 Å². The van der Waals surface area contributed by atoms with Crippen LogP contribution in [-0.4, -0.2) is 46.0 Å². The van der Waals surface area contributed by atoms with Crippen LogP contribution in [0.25, 0.3) is 0 Å². The van der Waals surface area contributed by atoms with Crippen LogP contribution in [0.4, 0.5) is 4.79 Å². The summed E-state index contributed by atoms with van der Waals surface area (Å²) in [4.78, 5) is 38.0. The van der Waals surface area contributed by atoms with Crippen molar-refractivity contribution in [2.24, 2.45) is 0 Å². The molecule has 0 spiro atoms. The van der Waals surface area contributed by atoms with Crippen molar-refractivity contribution in [1.82, 2.24) is 4.90 Å². The number of rotatable bonds is 6. The molecule has 0 aromatic heterocycles. The number of likely N-dealkylation sites (N-methyl/N-ethyl adjacent to an activating group) is 1. The molecule has 0 aliphatic heterocycles. The minimum Gasteiger partial charge on any atom is -0.479 e. The Morgan fingerprint density at radius 2 is 1.41 bits per heavy atom. The van der Waals surface area contributed by atoms with Crippen molar-refractivity contribution in [1.29, 1.82) is 0 Å². The van der Waals surface area contributed by atoms with E-state index in [0.29, 0.717) is 16.7 Å². The molecule has 0 fully saturated rings. The van der Waals surface area contributed by atoms with E-state index in [-0.39, 0.29) is 12.2 Å². The summed E-state index contributed by atoms with van der Waals surface area (Å²) in [5.41, 5.74) is -0.454. The zero-order valence-corrected chi connectivity index (χ0v) is 17.4. The molecule has 0 unspecified atom stereocenters. The predicted molar refractivity (Wildman–Crippen MR) is 110 cm³/mol. The SMILES string of the molecule is CN(C(=O)OC(C)(C)C)[C@@](C)(Cc1ccc(C(=O)c2ccccc2)cc1)C(=O)O. The van der Waals surface area contributed by atoms with E-state index in [1.807, 2.05) is 6.07 Å². The van der Waals surface area contributed by atoms with Crippen LogP contribution in [-0.2, 0) is 16.0 Å². The highest BCUT2D eigenvalue weighted by Gasteiger charge is 2.42. The Morgan fingerprint density at radius 3 is 1.90 bits per heavy atom. The number of amides is 1. The number of ether oxygens (including phenoxy) is 1. The van der Waals surface area contributed by atoms with Gasteiger partial charge in [-0.2, -0.15) is 0 Å². The maximum absolute atomic E-state index is 12.5. The molecule has 1 amide bonds. The molecule has 1 N–H and O–H groups in total. The Bertz CT molecular complexity index is 884. The topological polar surface area (TPSA) is 83.9 Å². The van der Waals surface area contributed by atoms with Crippen LogP contribution >= 0.6 is 0 Å². The van der Waals surface area contributed by atoms with Crippen molar-refractivity contribution in [3.8, 4) is 0 Å². The van der Waals surface area contributed by atoms with E-state index in [1.54, 1.807) is 69.3 Å². The Balaban J connectivity index is 2.21. The number of aliphatic carboxylic acids is 1. The number of carboxylic acids is 1. The highest BCUT2D eigenvalue weighted by molar-refractivity contribution is 6.08. The third-order valence-corrected chi connectivity index (χ3v) is 4.67. The number of carbonyl (C=O) groups excluding carboxylic acids is 2. The Morgan fingerprint density at radius 1 is 0.897 bits per heavy atom. The van der Waals surface area contributed by atoms with Gasteiger partial charge in [-0.25, -0.2) is 9.59 Å². The first-order valence-corrected chi connectivity index (χ1v) is 9.33. The summed E-state index contributed by atoms with van der Waals surface area (Å²) >= 11 is 0. The van der Waals surface area contributed by atoms with Gasteiger partial charge in [0, 0.05) is 24.6 Å². The summed E-state index contributed by atoms with van der Waals surface area (Å²) < 4.78 is 5.31. The minimum absolute atomic E-state index is 0.0673. The molecule has 0 heterocycles. The lowest BCUT2D eigenvalue weighted by Crippen LogP contribution is -2.55. The molecule has 2 aromatic rings. The molecular formula is C23H27NO5. The molecule has 0 saturated heterocycles. The van der Waals surface area contributed by atoms with Gasteiger partial charge < -0.3 is 9.84 Å². The Hall–Kier alpha value is -3.15. The smallest absolute Gasteiger partial charge is 0.410 e. The third-order valence-electron chi connectivity index (χ3n) is 4.67. The number of carbonyl (C=O) groups is 3. The first-order chi connectivity index (χ1) is 13.4. The fraction of sp³-hybridized carbons (Fsp3) is 0.348. The molecule has 0 radical (unpaired) electrons. The molecule has 0 aliphatic rings. The normalized spacial score (nSPS) is 13.3. The summed E-state index contributed by atoms with van der Waals surface area (Å²) in [5.74, 6) is -1.25.